The monoisotopic (exact) mass is 218 g/mol. The lowest BCUT2D eigenvalue weighted by molar-refractivity contribution is 0.603. The summed E-state index contributed by atoms with van der Waals surface area (Å²) in [6, 6.07) is 11.5. The van der Waals surface area contributed by atoms with E-state index in [2.05, 4.69) is 0 Å². The van der Waals surface area contributed by atoms with Crippen molar-refractivity contribution >= 4 is 0 Å². The van der Waals surface area contributed by atoms with Crippen LogP contribution in [0.5, 0.6) is 0 Å². The third-order valence-corrected chi connectivity index (χ3v) is 2.56. The lowest BCUT2D eigenvalue weighted by Crippen LogP contribution is -1.95. The first-order valence-electron chi connectivity index (χ1n) is 5.15. The molecule has 0 spiro atoms. The molecule has 0 bridgehead atoms. The smallest absolute Gasteiger partial charge is 0.129 e. The molecule has 0 aliphatic heterocycles. The van der Waals surface area contributed by atoms with E-state index in [0.717, 1.165) is 5.56 Å². The Balaban J connectivity index is 2.31. The summed E-state index contributed by atoms with van der Waals surface area (Å²) in [7, 11) is 0. The third kappa shape index (κ3) is 2.27. The Kier molecular flexibility index (Phi) is 3.00. The topological polar surface area (TPSA) is 0 Å². The van der Waals surface area contributed by atoms with E-state index in [0.29, 0.717) is 17.5 Å². The molecule has 0 atom stereocenters. The van der Waals surface area contributed by atoms with Gasteiger partial charge in [0, 0.05) is 6.42 Å². The van der Waals surface area contributed by atoms with Crippen LogP contribution < -0.4 is 0 Å². The van der Waals surface area contributed by atoms with Gasteiger partial charge < -0.3 is 0 Å². The summed E-state index contributed by atoms with van der Waals surface area (Å²) in [5, 5.41) is 0. The van der Waals surface area contributed by atoms with Gasteiger partial charge in [0.15, 0.2) is 0 Å². The van der Waals surface area contributed by atoms with Gasteiger partial charge in [-0.3, -0.25) is 0 Å². The number of benzene rings is 2. The molecule has 16 heavy (non-hydrogen) atoms. The number of hydrogen-bond acceptors (Lipinski definition) is 0. The molecule has 0 radical (unpaired) electrons. The molecule has 2 heteroatoms. The van der Waals surface area contributed by atoms with Crippen LogP contribution in [0.3, 0.4) is 0 Å². The van der Waals surface area contributed by atoms with E-state index in [1.54, 1.807) is 31.2 Å². The summed E-state index contributed by atoms with van der Waals surface area (Å²) in [6.07, 6.45) is 0.422. The fourth-order valence-corrected chi connectivity index (χ4v) is 1.71. The molecule has 2 aromatic rings. The molecular formula is C14H12F2. The van der Waals surface area contributed by atoms with Crippen molar-refractivity contribution in [2.45, 2.75) is 13.3 Å². The van der Waals surface area contributed by atoms with Crippen LogP contribution in [0.15, 0.2) is 42.5 Å². The summed E-state index contributed by atoms with van der Waals surface area (Å²) >= 11 is 0. The van der Waals surface area contributed by atoms with E-state index in [1.807, 2.05) is 6.07 Å². The van der Waals surface area contributed by atoms with Crippen molar-refractivity contribution in [1.29, 1.82) is 0 Å². The van der Waals surface area contributed by atoms with Crippen LogP contribution in [0.4, 0.5) is 8.78 Å². The second-order valence-electron chi connectivity index (χ2n) is 3.85. The minimum Gasteiger partial charge on any atom is -0.207 e. The summed E-state index contributed by atoms with van der Waals surface area (Å²) in [5.74, 6) is -0.489. The van der Waals surface area contributed by atoms with E-state index in [9.17, 15) is 8.78 Å². The fourth-order valence-electron chi connectivity index (χ4n) is 1.71. The summed E-state index contributed by atoms with van der Waals surface area (Å²) in [6.45, 7) is 1.73. The van der Waals surface area contributed by atoms with E-state index in [-0.39, 0.29) is 11.6 Å². The Morgan fingerprint density at radius 1 is 1.00 bits per heavy atom. The first kappa shape index (κ1) is 10.8. The maximum atomic E-state index is 13.7. The van der Waals surface area contributed by atoms with Crippen LogP contribution in [-0.4, -0.2) is 0 Å². The largest absolute Gasteiger partial charge is 0.207 e. The van der Waals surface area contributed by atoms with Crippen molar-refractivity contribution in [1.82, 2.24) is 0 Å². The lowest BCUT2D eigenvalue weighted by Gasteiger charge is -2.05. The van der Waals surface area contributed by atoms with Crippen molar-refractivity contribution in [3.63, 3.8) is 0 Å². The number of hydrogen-bond donors (Lipinski definition) is 0. The molecule has 2 aromatic carbocycles. The van der Waals surface area contributed by atoms with Crippen molar-refractivity contribution in [3.8, 4) is 0 Å². The lowest BCUT2D eigenvalue weighted by atomic mass is 10.0. The van der Waals surface area contributed by atoms with E-state index in [4.69, 9.17) is 0 Å². The Morgan fingerprint density at radius 3 is 2.50 bits per heavy atom. The molecule has 0 heterocycles. The van der Waals surface area contributed by atoms with Gasteiger partial charge >= 0.3 is 0 Å². The molecule has 0 aromatic heterocycles. The molecule has 0 saturated carbocycles. The molecule has 82 valence electrons. The molecule has 0 fully saturated rings. The Hall–Kier alpha value is -1.70. The van der Waals surface area contributed by atoms with Gasteiger partial charge in [-0.1, -0.05) is 30.3 Å². The van der Waals surface area contributed by atoms with Crippen LogP contribution in [0, 0.1) is 18.6 Å². The van der Waals surface area contributed by atoms with Crippen molar-refractivity contribution < 1.29 is 8.78 Å². The Bertz CT molecular complexity index is 504. The van der Waals surface area contributed by atoms with Gasteiger partial charge in [0.05, 0.1) is 0 Å². The van der Waals surface area contributed by atoms with Gasteiger partial charge in [0.25, 0.3) is 0 Å². The molecule has 0 aliphatic rings. The van der Waals surface area contributed by atoms with E-state index >= 15 is 0 Å². The van der Waals surface area contributed by atoms with Crippen LogP contribution in [-0.2, 0) is 6.42 Å². The minimum atomic E-state index is -0.287. The molecule has 2 rings (SSSR count). The van der Waals surface area contributed by atoms with Crippen LogP contribution >= 0.6 is 0 Å². The second kappa shape index (κ2) is 4.44. The van der Waals surface area contributed by atoms with Crippen LogP contribution in [0.2, 0.25) is 0 Å². The Labute approximate surface area is 93.5 Å². The first-order valence-corrected chi connectivity index (χ1v) is 5.15. The SMILES string of the molecule is Cc1cccc(Cc2cccc(F)c2)c1F. The van der Waals surface area contributed by atoms with Gasteiger partial charge in [-0.15, -0.1) is 0 Å². The molecule has 0 unspecified atom stereocenters. The molecular weight excluding hydrogens is 206 g/mol. The zero-order chi connectivity index (χ0) is 11.5. The Morgan fingerprint density at radius 2 is 1.75 bits per heavy atom. The quantitative estimate of drug-likeness (QED) is 0.718. The standard InChI is InChI=1S/C14H12F2/c1-10-4-2-6-12(14(10)16)8-11-5-3-7-13(15)9-11/h2-7,9H,8H2,1H3. The predicted octanol–water partition coefficient (Wildman–Crippen LogP) is 3.86. The zero-order valence-electron chi connectivity index (χ0n) is 9.00. The van der Waals surface area contributed by atoms with Gasteiger partial charge in [-0.25, -0.2) is 8.78 Å². The highest BCUT2D eigenvalue weighted by Gasteiger charge is 2.05. The predicted molar refractivity (Wildman–Crippen MR) is 60.3 cm³/mol. The number of halogens is 2. The van der Waals surface area contributed by atoms with E-state index in [1.165, 1.54) is 12.1 Å². The molecule has 0 nitrogen and oxygen atoms in total. The number of aryl methyl sites for hydroxylation is 1. The maximum absolute atomic E-state index is 13.7. The second-order valence-corrected chi connectivity index (χ2v) is 3.85. The average molecular weight is 218 g/mol. The van der Waals surface area contributed by atoms with Crippen molar-refractivity contribution in [3.05, 3.63) is 70.8 Å². The molecule has 0 amide bonds. The average Bonchev–Trinajstić information content (AvgIpc) is 2.25. The molecule has 0 saturated heterocycles. The van der Waals surface area contributed by atoms with Gasteiger partial charge in [-0.05, 0) is 35.7 Å². The van der Waals surface area contributed by atoms with Crippen molar-refractivity contribution in [2.75, 3.05) is 0 Å². The summed E-state index contributed by atoms with van der Waals surface area (Å²) in [4.78, 5) is 0. The normalized spacial score (nSPS) is 10.4. The summed E-state index contributed by atoms with van der Waals surface area (Å²) in [5.41, 5.74) is 2.00. The molecule has 0 N–H and O–H groups in total. The third-order valence-electron chi connectivity index (χ3n) is 2.56. The van der Waals surface area contributed by atoms with Gasteiger partial charge in [0.2, 0.25) is 0 Å². The van der Waals surface area contributed by atoms with Crippen LogP contribution in [0.25, 0.3) is 0 Å². The minimum absolute atomic E-state index is 0.202. The van der Waals surface area contributed by atoms with E-state index < -0.39 is 0 Å². The maximum Gasteiger partial charge on any atom is 0.129 e. The van der Waals surface area contributed by atoms with Gasteiger partial charge in [-0.2, -0.15) is 0 Å². The zero-order valence-corrected chi connectivity index (χ0v) is 9.00. The molecule has 0 aliphatic carbocycles. The first-order chi connectivity index (χ1) is 7.66. The van der Waals surface area contributed by atoms with Gasteiger partial charge in [0.1, 0.15) is 11.6 Å². The highest BCUT2D eigenvalue weighted by Crippen LogP contribution is 2.16. The summed E-state index contributed by atoms with van der Waals surface area (Å²) < 4.78 is 26.7. The number of rotatable bonds is 2. The van der Waals surface area contributed by atoms with Crippen LogP contribution in [0.1, 0.15) is 16.7 Å². The highest BCUT2D eigenvalue weighted by molar-refractivity contribution is 5.30. The fraction of sp³-hybridized carbons (Fsp3) is 0.143. The highest BCUT2D eigenvalue weighted by atomic mass is 19.1. The van der Waals surface area contributed by atoms with Crippen molar-refractivity contribution in [2.24, 2.45) is 0 Å².